The molecule has 2 N–H and O–H groups in total. The number of carbonyl (C=O) groups excluding carboxylic acids is 2. The topological polar surface area (TPSA) is 126 Å². The molecule has 2 aromatic carbocycles. The number of amides is 2. The number of likely N-dealkylation sites (N-methyl/N-ethyl adjacent to an activating group) is 1. The van der Waals surface area contributed by atoms with Crippen LogP contribution in [0.4, 0.5) is 5.69 Å². The monoisotopic (exact) mass is 589 g/mol. The Balaban J connectivity index is 1.56. The molecule has 0 unspecified atom stereocenters. The summed E-state index contributed by atoms with van der Waals surface area (Å²) in [6.45, 7) is 5.29. The van der Waals surface area contributed by atoms with Gasteiger partial charge in [0.05, 0.1) is 29.1 Å². The van der Waals surface area contributed by atoms with E-state index in [1.54, 1.807) is 29.2 Å². The van der Waals surface area contributed by atoms with Gasteiger partial charge in [0.1, 0.15) is 24.7 Å². The van der Waals surface area contributed by atoms with Gasteiger partial charge in [-0.1, -0.05) is 36.2 Å². The second kappa shape index (κ2) is 13.4. The van der Waals surface area contributed by atoms with Gasteiger partial charge in [0, 0.05) is 36.8 Å². The van der Waals surface area contributed by atoms with Crippen LogP contribution in [-0.4, -0.2) is 85.8 Å². The van der Waals surface area contributed by atoms with Gasteiger partial charge in [0.2, 0.25) is 11.8 Å². The maximum atomic E-state index is 13.4. The lowest BCUT2D eigenvalue weighted by atomic mass is 10.0. The molecule has 0 saturated carbocycles. The summed E-state index contributed by atoms with van der Waals surface area (Å²) in [4.78, 5) is 29.7. The van der Waals surface area contributed by atoms with Crippen molar-refractivity contribution in [1.29, 1.82) is 0 Å². The van der Waals surface area contributed by atoms with Crippen LogP contribution in [0.3, 0.4) is 0 Å². The van der Waals surface area contributed by atoms with Gasteiger partial charge >= 0.3 is 0 Å². The van der Waals surface area contributed by atoms with Crippen molar-refractivity contribution >= 4 is 40.7 Å². The van der Waals surface area contributed by atoms with Crippen LogP contribution >= 0.6 is 23.2 Å². The van der Waals surface area contributed by atoms with Gasteiger partial charge in [-0.25, -0.2) is 4.68 Å². The Morgan fingerprint density at radius 2 is 2.05 bits per heavy atom. The molecule has 214 valence electrons. The average Bonchev–Trinajstić information content (AvgIpc) is 3.43. The minimum atomic E-state index is -0.356. The highest BCUT2D eigenvalue weighted by molar-refractivity contribution is 6.42. The molecule has 4 rings (SSSR count). The van der Waals surface area contributed by atoms with E-state index < -0.39 is 0 Å². The highest BCUT2D eigenvalue weighted by atomic mass is 35.5. The maximum absolute atomic E-state index is 13.4. The third kappa shape index (κ3) is 7.69. The van der Waals surface area contributed by atoms with Crippen molar-refractivity contribution < 1.29 is 19.4 Å². The van der Waals surface area contributed by atoms with E-state index in [2.05, 4.69) is 25.7 Å². The third-order valence-electron chi connectivity index (χ3n) is 6.83. The molecular formula is C27H33Cl2N7O4. The number of rotatable bonds is 9. The van der Waals surface area contributed by atoms with Crippen LogP contribution < -0.4 is 10.1 Å². The third-order valence-corrected chi connectivity index (χ3v) is 7.56. The number of tetrazole rings is 1. The summed E-state index contributed by atoms with van der Waals surface area (Å²) in [6, 6.07) is 10.5. The van der Waals surface area contributed by atoms with E-state index in [1.165, 1.54) is 11.0 Å². The van der Waals surface area contributed by atoms with Crippen LogP contribution in [0.1, 0.15) is 25.0 Å². The number of nitrogens with one attached hydrogen (secondary N) is 1. The molecule has 3 atom stereocenters. The first kappa shape index (κ1) is 29.7. The van der Waals surface area contributed by atoms with Crippen molar-refractivity contribution in [2.45, 2.75) is 45.5 Å². The van der Waals surface area contributed by atoms with Crippen molar-refractivity contribution in [3.63, 3.8) is 0 Å². The first-order valence-electron chi connectivity index (χ1n) is 13.0. The second-order valence-corrected chi connectivity index (χ2v) is 11.0. The van der Waals surface area contributed by atoms with E-state index in [4.69, 9.17) is 27.9 Å². The normalized spacial score (nSPS) is 18.4. The Kier molecular flexibility index (Phi) is 9.96. The van der Waals surface area contributed by atoms with Crippen LogP contribution in [0.25, 0.3) is 0 Å². The van der Waals surface area contributed by atoms with Gasteiger partial charge in [-0.05, 0) is 60.3 Å². The highest BCUT2D eigenvalue weighted by Crippen LogP contribution is 2.30. The Morgan fingerprint density at radius 1 is 1.25 bits per heavy atom. The van der Waals surface area contributed by atoms with Crippen molar-refractivity contribution in [2.75, 3.05) is 32.1 Å². The number of carbonyl (C=O) groups is 2. The number of aliphatic hydroxyl groups excluding tert-OH is 1. The summed E-state index contributed by atoms with van der Waals surface area (Å²) < 4.78 is 7.88. The molecule has 11 nitrogen and oxygen atoms in total. The number of hydrogen-bond donors (Lipinski definition) is 2. The number of halogens is 2. The first-order valence-corrected chi connectivity index (χ1v) is 13.7. The zero-order valence-corrected chi connectivity index (χ0v) is 24.1. The maximum Gasteiger partial charge on any atom is 0.246 e. The Labute approximate surface area is 243 Å². The lowest BCUT2D eigenvalue weighted by molar-refractivity contribution is -0.134. The minimum absolute atomic E-state index is 0.0455. The van der Waals surface area contributed by atoms with Crippen LogP contribution in [0.15, 0.2) is 42.7 Å². The minimum Gasteiger partial charge on any atom is -0.488 e. The number of hydrogen-bond acceptors (Lipinski definition) is 8. The number of fused-ring (bicyclic) bond motifs is 1. The summed E-state index contributed by atoms with van der Waals surface area (Å²) in [6.07, 6.45) is 1.15. The summed E-state index contributed by atoms with van der Waals surface area (Å²) >= 11 is 12.3. The summed E-state index contributed by atoms with van der Waals surface area (Å²) in [7, 11) is 1.99. The second-order valence-electron chi connectivity index (χ2n) is 10.2. The Hall–Kier alpha value is -3.25. The fourth-order valence-corrected chi connectivity index (χ4v) is 4.97. The highest BCUT2D eigenvalue weighted by Gasteiger charge is 2.31. The molecule has 0 saturated heterocycles. The predicted octanol–water partition coefficient (Wildman–Crippen LogP) is 2.90. The van der Waals surface area contributed by atoms with Gasteiger partial charge < -0.3 is 20.1 Å². The molecule has 1 aliphatic heterocycles. The van der Waals surface area contributed by atoms with Gasteiger partial charge in [-0.15, -0.1) is 5.10 Å². The molecule has 0 fully saturated rings. The Bertz CT molecular complexity index is 1320. The van der Waals surface area contributed by atoms with E-state index in [9.17, 15) is 14.7 Å². The van der Waals surface area contributed by atoms with Gasteiger partial charge in [-0.3, -0.25) is 14.5 Å². The Morgan fingerprint density at radius 3 is 2.75 bits per heavy atom. The number of benzene rings is 2. The van der Waals surface area contributed by atoms with Crippen LogP contribution in [0.2, 0.25) is 10.0 Å². The molecule has 1 aliphatic rings. The summed E-state index contributed by atoms with van der Waals surface area (Å²) in [5, 5.41) is 24.5. The van der Waals surface area contributed by atoms with Crippen LogP contribution in [-0.2, 0) is 29.1 Å². The molecule has 40 heavy (non-hydrogen) atoms. The van der Waals surface area contributed by atoms with E-state index >= 15 is 0 Å². The molecule has 2 amide bonds. The zero-order valence-electron chi connectivity index (χ0n) is 22.6. The number of anilines is 1. The summed E-state index contributed by atoms with van der Waals surface area (Å²) in [5.41, 5.74) is 2.18. The molecular weight excluding hydrogens is 557 g/mol. The average molecular weight is 591 g/mol. The first-order chi connectivity index (χ1) is 19.1. The number of aliphatic hydroxyl groups is 1. The molecule has 13 heteroatoms. The predicted molar refractivity (Wildman–Crippen MR) is 151 cm³/mol. The number of aromatic nitrogens is 4. The van der Waals surface area contributed by atoms with Crippen molar-refractivity contribution in [3.8, 4) is 5.75 Å². The van der Waals surface area contributed by atoms with Crippen molar-refractivity contribution in [3.05, 3.63) is 63.9 Å². The smallest absolute Gasteiger partial charge is 0.246 e. The SMILES string of the molecule is C[C@@H]1CN([C@H](C)CO)C(=O)Cc2cc(NC(=O)Cn3cnnn3)ccc2O[C@@H]1CN(C)Cc1ccc(Cl)c(Cl)c1. The van der Waals surface area contributed by atoms with Crippen LogP contribution in [0.5, 0.6) is 5.75 Å². The standard InChI is InChI=1S/C27H33Cl2N7O4/c1-17-11-36(18(2)15-37)27(39)10-20-9-21(31-26(38)14-35-16-30-32-33-35)5-7-24(20)40-25(17)13-34(3)12-19-4-6-22(28)23(29)8-19/h4-9,16-18,25,37H,10-15H2,1-3H3,(H,31,38)/t17-,18-,25-/m1/s1. The molecule has 0 radical (unpaired) electrons. The molecule has 0 spiro atoms. The lowest BCUT2D eigenvalue weighted by Gasteiger charge is -2.34. The summed E-state index contributed by atoms with van der Waals surface area (Å²) in [5.74, 6) is 0.0923. The van der Waals surface area contributed by atoms with E-state index in [0.717, 1.165) is 5.56 Å². The zero-order chi connectivity index (χ0) is 28.8. The molecule has 1 aromatic heterocycles. The van der Waals surface area contributed by atoms with Gasteiger partial charge in [0.15, 0.2) is 0 Å². The van der Waals surface area contributed by atoms with Crippen LogP contribution in [0, 0.1) is 5.92 Å². The van der Waals surface area contributed by atoms with Gasteiger partial charge in [-0.2, -0.15) is 0 Å². The molecule has 3 aromatic rings. The molecule has 0 aliphatic carbocycles. The molecule has 2 heterocycles. The molecule has 0 bridgehead atoms. The lowest BCUT2D eigenvalue weighted by Crippen LogP contribution is -2.47. The fourth-order valence-electron chi connectivity index (χ4n) is 4.65. The van der Waals surface area contributed by atoms with Crippen molar-refractivity contribution in [2.24, 2.45) is 5.92 Å². The quantitative estimate of drug-likeness (QED) is 0.390. The number of ether oxygens (including phenoxy) is 1. The number of nitrogens with zero attached hydrogens (tertiary/aromatic N) is 6. The van der Waals surface area contributed by atoms with Gasteiger partial charge in [0.25, 0.3) is 0 Å². The van der Waals surface area contributed by atoms with E-state index in [1.807, 2.05) is 33.0 Å². The largest absolute Gasteiger partial charge is 0.488 e. The fraction of sp³-hybridized carbons (Fsp3) is 0.444. The van der Waals surface area contributed by atoms with E-state index in [0.29, 0.717) is 46.7 Å². The van der Waals surface area contributed by atoms with E-state index in [-0.39, 0.29) is 49.5 Å². The van der Waals surface area contributed by atoms with Crippen molar-refractivity contribution in [1.82, 2.24) is 30.0 Å².